The SMILES string of the molecule is NNc1ccc(C(=O)Nc2ccc3ncccc3c2)nn1. The molecule has 0 radical (unpaired) electrons. The molecule has 0 aliphatic heterocycles. The topological polar surface area (TPSA) is 106 Å². The van der Waals surface area contributed by atoms with Crippen LogP contribution in [-0.2, 0) is 0 Å². The zero-order chi connectivity index (χ0) is 14.7. The zero-order valence-corrected chi connectivity index (χ0v) is 10.9. The van der Waals surface area contributed by atoms with E-state index in [1.54, 1.807) is 24.4 Å². The second-order valence-corrected chi connectivity index (χ2v) is 4.31. The van der Waals surface area contributed by atoms with Gasteiger partial charge < -0.3 is 10.7 Å². The minimum absolute atomic E-state index is 0.209. The van der Waals surface area contributed by atoms with Crippen molar-refractivity contribution >= 4 is 28.3 Å². The molecule has 0 spiro atoms. The van der Waals surface area contributed by atoms with Gasteiger partial charge in [-0.3, -0.25) is 9.78 Å². The number of hydrogen-bond donors (Lipinski definition) is 3. The van der Waals surface area contributed by atoms with E-state index in [0.717, 1.165) is 10.9 Å². The van der Waals surface area contributed by atoms with E-state index in [1.807, 2.05) is 24.3 Å². The lowest BCUT2D eigenvalue weighted by Gasteiger charge is -2.06. The first-order chi connectivity index (χ1) is 10.3. The van der Waals surface area contributed by atoms with Crippen LogP contribution < -0.4 is 16.6 Å². The minimum atomic E-state index is -0.339. The molecular formula is C14H12N6O. The van der Waals surface area contributed by atoms with Crippen LogP contribution in [0.5, 0.6) is 0 Å². The van der Waals surface area contributed by atoms with Crippen molar-refractivity contribution in [1.29, 1.82) is 0 Å². The average molecular weight is 280 g/mol. The maximum atomic E-state index is 12.1. The van der Waals surface area contributed by atoms with E-state index >= 15 is 0 Å². The third kappa shape index (κ3) is 2.77. The number of pyridine rings is 1. The fourth-order valence-corrected chi connectivity index (χ4v) is 1.88. The summed E-state index contributed by atoms with van der Waals surface area (Å²) in [4.78, 5) is 16.3. The highest BCUT2D eigenvalue weighted by atomic mass is 16.1. The highest BCUT2D eigenvalue weighted by Crippen LogP contribution is 2.17. The number of nitrogens with two attached hydrogens (primary N) is 1. The van der Waals surface area contributed by atoms with Gasteiger partial charge in [0.15, 0.2) is 11.5 Å². The number of hydrogen-bond acceptors (Lipinski definition) is 6. The molecule has 0 fully saturated rings. The lowest BCUT2D eigenvalue weighted by molar-refractivity contribution is 0.102. The number of aromatic nitrogens is 3. The lowest BCUT2D eigenvalue weighted by Crippen LogP contribution is -2.16. The molecule has 0 atom stereocenters. The molecule has 3 aromatic rings. The molecule has 7 nitrogen and oxygen atoms in total. The molecule has 0 aliphatic rings. The fraction of sp³-hybridized carbons (Fsp3) is 0. The monoisotopic (exact) mass is 280 g/mol. The Morgan fingerprint density at radius 3 is 2.76 bits per heavy atom. The third-order valence-corrected chi connectivity index (χ3v) is 2.91. The number of carbonyl (C=O) groups excluding carboxylic acids is 1. The second kappa shape index (κ2) is 5.51. The smallest absolute Gasteiger partial charge is 0.276 e. The largest absolute Gasteiger partial charge is 0.321 e. The molecule has 0 saturated carbocycles. The molecular weight excluding hydrogens is 268 g/mol. The molecule has 3 rings (SSSR count). The van der Waals surface area contributed by atoms with Gasteiger partial charge in [0.1, 0.15) is 0 Å². The number of nitrogen functional groups attached to an aromatic ring is 1. The van der Waals surface area contributed by atoms with Crippen LogP contribution in [0.15, 0.2) is 48.7 Å². The second-order valence-electron chi connectivity index (χ2n) is 4.31. The summed E-state index contributed by atoms with van der Waals surface area (Å²) in [6, 6.07) is 12.4. The fourth-order valence-electron chi connectivity index (χ4n) is 1.88. The van der Waals surface area contributed by atoms with Crippen molar-refractivity contribution in [3.63, 3.8) is 0 Å². The Bertz CT molecular complexity index is 787. The predicted molar refractivity (Wildman–Crippen MR) is 79.5 cm³/mol. The van der Waals surface area contributed by atoms with Gasteiger partial charge in [0, 0.05) is 17.3 Å². The first-order valence-corrected chi connectivity index (χ1v) is 6.23. The summed E-state index contributed by atoms with van der Waals surface area (Å²) in [6.07, 6.45) is 1.73. The van der Waals surface area contributed by atoms with Gasteiger partial charge >= 0.3 is 0 Å². The Morgan fingerprint density at radius 1 is 1.10 bits per heavy atom. The number of hydrazine groups is 1. The first-order valence-electron chi connectivity index (χ1n) is 6.23. The van der Waals surface area contributed by atoms with E-state index in [0.29, 0.717) is 11.5 Å². The average Bonchev–Trinajstić information content (AvgIpc) is 2.55. The van der Waals surface area contributed by atoms with E-state index in [2.05, 4.69) is 25.9 Å². The lowest BCUT2D eigenvalue weighted by atomic mass is 10.2. The van der Waals surface area contributed by atoms with Crippen LogP contribution in [0.2, 0.25) is 0 Å². The highest BCUT2D eigenvalue weighted by molar-refractivity contribution is 6.03. The summed E-state index contributed by atoms with van der Waals surface area (Å²) < 4.78 is 0. The molecule has 7 heteroatoms. The van der Waals surface area contributed by atoms with Gasteiger partial charge in [-0.1, -0.05) is 6.07 Å². The van der Waals surface area contributed by atoms with Crippen LogP contribution in [0, 0.1) is 0 Å². The Morgan fingerprint density at radius 2 is 2.00 bits per heavy atom. The van der Waals surface area contributed by atoms with Gasteiger partial charge in [-0.2, -0.15) is 0 Å². The summed E-state index contributed by atoms with van der Waals surface area (Å²) in [5.74, 6) is 5.25. The van der Waals surface area contributed by atoms with E-state index in [9.17, 15) is 4.79 Å². The number of amides is 1. The van der Waals surface area contributed by atoms with Crippen molar-refractivity contribution in [3.8, 4) is 0 Å². The molecule has 21 heavy (non-hydrogen) atoms. The number of carbonyl (C=O) groups is 1. The summed E-state index contributed by atoms with van der Waals surface area (Å²) >= 11 is 0. The predicted octanol–water partition coefficient (Wildman–Crippen LogP) is 1.56. The number of benzene rings is 1. The summed E-state index contributed by atoms with van der Waals surface area (Å²) in [6.45, 7) is 0. The van der Waals surface area contributed by atoms with Gasteiger partial charge in [-0.25, -0.2) is 5.84 Å². The highest BCUT2D eigenvalue weighted by Gasteiger charge is 2.09. The molecule has 0 aliphatic carbocycles. The number of nitrogens with zero attached hydrogens (tertiary/aromatic N) is 3. The molecule has 4 N–H and O–H groups in total. The molecule has 2 heterocycles. The standard InChI is InChI=1S/C14H12N6O/c15-18-13-6-5-12(19-20-13)14(21)17-10-3-4-11-9(8-10)2-1-7-16-11/h1-8H,15H2,(H,17,21)(H,18,20). The van der Waals surface area contributed by atoms with Crippen molar-refractivity contribution in [2.45, 2.75) is 0 Å². The van der Waals surface area contributed by atoms with Gasteiger partial charge in [0.25, 0.3) is 5.91 Å². The van der Waals surface area contributed by atoms with Crippen LogP contribution >= 0.6 is 0 Å². The minimum Gasteiger partial charge on any atom is -0.321 e. The van der Waals surface area contributed by atoms with Gasteiger partial charge in [0.2, 0.25) is 0 Å². The van der Waals surface area contributed by atoms with E-state index < -0.39 is 0 Å². The van der Waals surface area contributed by atoms with Gasteiger partial charge in [-0.05, 0) is 36.4 Å². The Labute approximate surface area is 120 Å². The molecule has 2 aromatic heterocycles. The maximum absolute atomic E-state index is 12.1. The normalized spacial score (nSPS) is 10.3. The van der Waals surface area contributed by atoms with Crippen molar-refractivity contribution in [1.82, 2.24) is 15.2 Å². The molecule has 0 saturated heterocycles. The number of rotatable bonds is 3. The van der Waals surface area contributed by atoms with Crippen molar-refractivity contribution in [3.05, 3.63) is 54.4 Å². The van der Waals surface area contributed by atoms with Crippen molar-refractivity contribution in [2.75, 3.05) is 10.7 Å². The summed E-state index contributed by atoms with van der Waals surface area (Å²) in [5, 5.41) is 11.3. The molecule has 1 amide bonds. The molecule has 0 unspecified atom stereocenters. The quantitative estimate of drug-likeness (QED) is 0.496. The maximum Gasteiger partial charge on any atom is 0.276 e. The van der Waals surface area contributed by atoms with Gasteiger partial charge in [-0.15, -0.1) is 10.2 Å². The first kappa shape index (κ1) is 12.9. The zero-order valence-electron chi connectivity index (χ0n) is 10.9. The molecule has 1 aromatic carbocycles. The Kier molecular flexibility index (Phi) is 3.40. The van der Waals surface area contributed by atoms with Crippen LogP contribution in [0.25, 0.3) is 10.9 Å². The van der Waals surface area contributed by atoms with E-state index in [-0.39, 0.29) is 11.6 Å². The molecule has 0 bridgehead atoms. The number of nitrogens with one attached hydrogen (secondary N) is 2. The van der Waals surface area contributed by atoms with E-state index in [1.165, 1.54) is 0 Å². The van der Waals surface area contributed by atoms with Crippen LogP contribution in [-0.4, -0.2) is 21.1 Å². The van der Waals surface area contributed by atoms with Crippen molar-refractivity contribution < 1.29 is 4.79 Å². The number of fused-ring (bicyclic) bond motifs is 1. The Hall–Kier alpha value is -3.06. The van der Waals surface area contributed by atoms with Crippen LogP contribution in [0.1, 0.15) is 10.5 Å². The Balaban J connectivity index is 1.81. The molecule has 104 valence electrons. The summed E-state index contributed by atoms with van der Waals surface area (Å²) in [7, 11) is 0. The van der Waals surface area contributed by atoms with Crippen LogP contribution in [0.3, 0.4) is 0 Å². The number of anilines is 2. The third-order valence-electron chi connectivity index (χ3n) is 2.91. The van der Waals surface area contributed by atoms with Crippen LogP contribution in [0.4, 0.5) is 11.5 Å². The van der Waals surface area contributed by atoms with E-state index in [4.69, 9.17) is 5.84 Å². The van der Waals surface area contributed by atoms with Crippen molar-refractivity contribution in [2.24, 2.45) is 5.84 Å². The summed E-state index contributed by atoms with van der Waals surface area (Å²) in [5.41, 5.74) is 4.10. The van der Waals surface area contributed by atoms with Gasteiger partial charge in [0.05, 0.1) is 5.52 Å².